The Morgan fingerprint density at radius 3 is 1.54 bits per heavy atom. The molecule has 0 fully saturated rings. The number of rotatable bonds is 3. The number of aromatic nitrogens is 2. The second kappa shape index (κ2) is 5.72. The van der Waals surface area contributed by atoms with Gasteiger partial charge in [0.1, 0.15) is 0 Å². The van der Waals surface area contributed by atoms with Gasteiger partial charge in [-0.1, -0.05) is 31.9 Å². The number of carbonyl (C=O) groups excluding carboxylic acids is 2. The number of carbonyl (C=O) groups is 2. The smallest absolute Gasteiger partial charge is 0.235 e. The maximum absolute atomic E-state index is 12.7. The summed E-state index contributed by atoms with van der Waals surface area (Å²) in [5.74, 6) is -1.06. The molecule has 2 aromatic carbocycles. The number of Topliss-reactive ketones (excluding diaryl/α,β-unsaturated/α-hetero) is 2. The van der Waals surface area contributed by atoms with Gasteiger partial charge >= 0.3 is 0 Å². The summed E-state index contributed by atoms with van der Waals surface area (Å²) in [6.07, 6.45) is 3.17. The summed E-state index contributed by atoms with van der Waals surface area (Å²) in [5, 5.41) is 1.45. The van der Waals surface area contributed by atoms with Crippen molar-refractivity contribution in [3.05, 3.63) is 68.9 Å². The van der Waals surface area contributed by atoms with Crippen molar-refractivity contribution in [1.82, 2.24) is 9.97 Å². The summed E-state index contributed by atoms with van der Waals surface area (Å²) in [7, 11) is 0. The van der Waals surface area contributed by atoms with Crippen LogP contribution in [0.2, 0.25) is 0 Å². The molecule has 0 spiro atoms. The Kier molecular flexibility index (Phi) is 3.66. The van der Waals surface area contributed by atoms with E-state index in [-0.39, 0.29) is 0 Å². The minimum atomic E-state index is -0.528. The van der Waals surface area contributed by atoms with Crippen LogP contribution in [0.3, 0.4) is 0 Å². The Hall–Kier alpha value is -2.18. The summed E-state index contributed by atoms with van der Waals surface area (Å²) in [5.41, 5.74) is 2.38. The largest absolute Gasteiger partial charge is 0.360 e. The Morgan fingerprint density at radius 2 is 1.12 bits per heavy atom. The van der Waals surface area contributed by atoms with Gasteiger partial charge in [-0.3, -0.25) is 9.59 Å². The predicted molar refractivity (Wildman–Crippen MR) is 101 cm³/mol. The van der Waals surface area contributed by atoms with Crippen LogP contribution < -0.4 is 0 Å². The highest BCUT2D eigenvalue weighted by molar-refractivity contribution is 9.10. The lowest BCUT2D eigenvalue weighted by molar-refractivity contribution is 0.0819. The van der Waals surface area contributed by atoms with Crippen LogP contribution in [-0.2, 0) is 0 Å². The number of H-pyrrole nitrogens is 2. The number of fused-ring (bicyclic) bond motifs is 2. The van der Waals surface area contributed by atoms with E-state index in [2.05, 4.69) is 41.8 Å². The summed E-state index contributed by atoms with van der Waals surface area (Å²) in [6, 6.07) is 11.2. The van der Waals surface area contributed by atoms with Crippen LogP contribution in [0, 0.1) is 0 Å². The van der Waals surface area contributed by atoms with Crippen LogP contribution in [0.25, 0.3) is 21.8 Å². The summed E-state index contributed by atoms with van der Waals surface area (Å²) >= 11 is 6.79. The second-order valence-electron chi connectivity index (χ2n) is 5.44. The van der Waals surface area contributed by atoms with Gasteiger partial charge in [0, 0.05) is 43.1 Å². The first-order valence-corrected chi connectivity index (χ1v) is 8.75. The Bertz CT molecular complexity index is 1030. The summed E-state index contributed by atoms with van der Waals surface area (Å²) < 4.78 is 1.71. The summed E-state index contributed by atoms with van der Waals surface area (Å²) in [4.78, 5) is 31.6. The minimum Gasteiger partial charge on any atom is -0.360 e. The zero-order valence-electron chi connectivity index (χ0n) is 12.2. The van der Waals surface area contributed by atoms with Gasteiger partial charge in [-0.25, -0.2) is 0 Å². The molecule has 118 valence electrons. The first-order chi connectivity index (χ1) is 11.5. The fourth-order valence-electron chi connectivity index (χ4n) is 2.81. The standard InChI is InChI=1S/C18H10Br2N2O2/c19-9-1-3-15-11(5-9)13(7-21-15)17(23)18(24)14-8-22-16-4-2-10(20)6-12(14)16/h1-8,21-22H. The van der Waals surface area contributed by atoms with Gasteiger partial charge in [0.15, 0.2) is 0 Å². The van der Waals surface area contributed by atoms with E-state index in [0.29, 0.717) is 11.1 Å². The lowest BCUT2D eigenvalue weighted by atomic mass is 10.0. The molecule has 2 heterocycles. The number of ketones is 2. The number of halogens is 2. The molecule has 0 bridgehead atoms. The number of benzene rings is 2. The highest BCUT2D eigenvalue weighted by atomic mass is 79.9. The lowest BCUT2D eigenvalue weighted by Crippen LogP contribution is -2.13. The molecule has 4 rings (SSSR count). The first kappa shape index (κ1) is 15.4. The lowest BCUT2D eigenvalue weighted by Gasteiger charge is -2.00. The van der Waals surface area contributed by atoms with Crippen molar-refractivity contribution in [3.8, 4) is 0 Å². The summed E-state index contributed by atoms with van der Waals surface area (Å²) in [6.45, 7) is 0. The maximum atomic E-state index is 12.7. The van der Waals surface area contributed by atoms with Gasteiger partial charge in [0.2, 0.25) is 11.6 Å². The van der Waals surface area contributed by atoms with E-state index in [9.17, 15) is 9.59 Å². The van der Waals surface area contributed by atoms with E-state index < -0.39 is 11.6 Å². The first-order valence-electron chi connectivity index (χ1n) is 7.17. The third-order valence-electron chi connectivity index (χ3n) is 3.98. The highest BCUT2D eigenvalue weighted by Crippen LogP contribution is 2.27. The molecule has 0 atom stereocenters. The van der Waals surface area contributed by atoms with E-state index in [1.807, 2.05) is 36.4 Å². The van der Waals surface area contributed by atoms with E-state index in [1.165, 1.54) is 0 Å². The maximum Gasteiger partial charge on any atom is 0.235 e. The predicted octanol–water partition coefficient (Wildman–Crippen LogP) is 5.24. The van der Waals surface area contributed by atoms with Gasteiger partial charge in [0.25, 0.3) is 0 Å². The molecule has 4 nitrogen and oxygen atoms in total. The van der Waals surface area contributed by atoms with E-state index in [1.54, 1.807) is 12.4 Å². The Balaban J connectivity index is 1.81. The number of hydrogen-bond donors (Lipinski definition) is 2. The molecule has 0 amide bonds. The van der Waals surface area contributed by atoms with Crippen molar-refractivity contribution < 1.29 is 9.59 Å². The molecule has 0 aliphatic heterocycles. The second-order valence-corrected chi connectivity index (χ2v) is 7.27. The van der Waals surface area contributed by atoms with Crippen LogP contribution in [-0.4, -0.2) is 21.5 Å². The molecule has 2 N–H and O–H groups in total. The molecular weight excluding hydrogens is 436 g/mol. The molecule has 6 heteroatoms. The number of nitrogens with one attached hydrogen (secondary N) is 2. The van der Waals surface area contributed by atoms with Crippen LogP contribution in [0.1, 0.15) is 20.7 Å². The SMILES string of the molecule is O=C(C(=O)c1c[nH]c2ccc(Br)cc12)c1c[nH]c2ccc(Br)cc12. The van der Waals surface area contributed by atoms with Crippen molar-refractivity contribution in [2.24, 2.45) is 0 Å². The van der Waals surface area contributed by atoms with Crippen molar-refractivity contribution in [3.63, 3.8) is 0 Å². The van der Waals surface area contributed by atoms with Crippen LogP contribution in [0.5, 0.6) is 0 Å². The quantitative estimate of drug-likeness (QED) is 0.334. The Morgan fingerprint density at radius 1 is 0.708 bits per heavy atom. The molecule has 4 aromatic rings. The van der Waals surface area contributed by atoms with E-state index in [0.717, 1.165) is 30.8 Å². The van der Waals surface area contributed by atoms with Crippen LogP contribution in [0.15, 0.2) is 57.7 Å². The molecule has 24 heavy (non-hydrogen) atoms. The van der Waals surface area contributed by atoms with Crippen LogP contribution >= 0.6 is 31.9 Å². The fourth-order valence-corrected chi connectivity index (χ4v) is 3.53. The molecule has 2 aromatic heterocycles. The monoisotopic (exact) mass is 444 g/mol. The van der Waals surface area contributed by atoms with Crippen molar-refractivity contribution in [1.29, 1.82) is 0 Å². The van der Waals surface area contributed by atoms with Gasteiger partial charge in [-0.2, -0.15) is 0 Å². The average Bonchev–Trinajstić information content (AvgIpc) is 3.16. The van der Waals surface area contributed by atoms with Crippen molar-refractivity contribution in [2.75, 3.05) is 0 Å². The van der Waals surface area contributed by atoms with E-state index in [4.69, 9.17) is 0 Å². The van der Waals surface area contributed by atoms with Crippen molar-refractivity contribution >= 4 is 65.2 Å². The van der Waals surface area contributed by atoms with E-state index >= 15 is 0 Å². The van der Waals surface area contributed by atoms with Gasteiger partial charge in [0.05, 0.1) is 11.1 Å². The molecule has 0 saturated carbocycles. The van der Waals surface area contributed by atoms with Crippen molar-refractivity contribution in [2.45, 2.75) is 0 Å². The molecule has 0 unspecified atom stereocenters. The number of hydrogen-bond acceptors (Lipinski definition) is 2. The third kappa shape index (κ3) is 2.42. The zero-order valence-corrected chi connectivity index (χ0v) is 15.4. The van der Waals surface area contributed by atoms with Gasteiger partial charge in [-0.15, -0.1) is 0 Å². The molecule has 0 radical (unpaired) electrons. The van der Waals surface area contributed by atoms with Gasteiger partial charge < -0.3 is 9.97 Å². The molecule has 0 aliphatic rings. The van der Waals surface area contributed by atoms with Gasteiger partial charge in [-0.05, 0) is 36.4 Å². The Labute approximate surface area is 153 Å². The topological polar surface area (TPSA) is 65.7 Å². The third-order valence-corrected chi connectivity index (χ3v) is 4.97. The molecule has 0 aliphatic carbocycles. The molecular formula is C18H10Br2N2O2. The normalized spacial score (nSPS) is 11.2. The fraction of sp³-hybridized carbons (Fsp3) is 0. The minimum absolute atomic E-state index is 0.376. The van der Waals surface area contributed by atoms with Crippen LogP contribution in [0.4, 0.5) is 0 Å². The average molecular weight is 446 g/mol. The molecule has 0 saturated heterocycles. The zero-order chi connectivity index (χ0) is 16.8. The number of aromatic amines is 2. The highest BCUT2D eigenvalue weighted by Gasteiger charge is 2.24.